The van der Waals surface area contributed by atoms with Gasteiger partial charge in [-0.1, -0.05) is 6.07 Å². The lowest BCUT2D eigenvalue weighted by atomic mass is 9.97. The Labute approximate surface area is 242 Å². The molecule has 0 bridgehead atoms. The minimum atomic E-state index is 0.449. The number of nitrogen functional groups attached to an aromatic ring is 1. The van der Waals surface area contributed by atoms with E-state index in [-0.39, 0.29) is 0 Å². The SMILES string of the molecule is COc1cc(N(C)C2CCN(C3CCN(C)CC3)CC2)c(N)cc1Nc1cc(-c2ccc3c(cnn3C)c2)ncn1. The molecule has 6 rings (SSSR count). The van der Waals surface area contributed by atoms with Gasteiger partial charge in [0.05, 0.1) is 41.6 Å². The second-order valence-electron chi connectivity index (χ2n) is 11.5. The van der Waals surface area contributed by atoms with Crippen molar-refractivity contribution < 1.29 is 4.74 Å². The van der Waals surface area contributed by atoms with Crippen molar-refractivity contribution in [3.63, 3.8) is 0 Å². The van der Waals surface area contributed by atoms with E-state index in [2.05, 4.69) is 67.4 Å². The lowest BCUT2D eigenvalue weighted by Gasteiger charge is -2.43. The van der Waals surface area contributed by atoms with Crippen LogP contribution in [0.4, 0.5) is 22.9 Å². The second-order valence-corrected chi connectivity index (χ2v) is 11.5. The van der Waals surface area contributed by atoms with Crippen LogP contribution >= 0.6 is 0 Å². The van der Waals surface area contributed by atoms with Gasteiger partial charge >= 0.3 is 0 Å². The van der Waals surface area contributed by atoms with E-state index in [0.717, 1.165) is 71.3 Å². The standard InChI is InChI=1S/C31H41N9O/c1-37-11-7-24(8-12-37)40-13-9-23(10-14-40)38(2)29-18-30(41-4)27(16-25(29)32)36-31-17-26(33-20-34-31)21-5-6-28-22(15-21)19-35-39(28)3/h5-6,15-20,23-24H,7-14,32H2,1-4H3,(H,33,34,36). The van der Waals surface area contributed by atoms with Gasteiger partial charge in [-0.15, -0.1) is 0 Å². The molecule has 2 aliphatic heterocycles. The molecule has 0 aliphatic carbocycles. The van der Waals surface area contributed by atoms with Crippen LogP contribution in [0.2, 0.25) is 0 Å². The summed E-state index contributed by atoms with van der Waals surface area (Å²) in [5, 5.41) is 8.82. The maximum absolute atomic E-state index is 6.65. The number of anilines is 4. The third-order valence-corrected chi connectivity index (χ3v) is 8.95. The number of nitrogens with two attached hydrogens (primary N) is 1. The van der Waals surface area contributed by atoms with Gasteiger partial charge < -0.3 is 30.5 Å². The predicted octanol–water partition coefficient (Wildman–Crippen LogP) is 4.36. The molecule has 0 unspecified atom stereocenters. The maximum Gasteiger partial charge on any atom is 0.144 e. The van der Waals surface area contributed by atoms with E-state index in [9.17, 15) is 0 Å². The van der Waals surface area contributed by atoms with Crippen LogP contribution in [0.3, 0.4) is 0 Å². The quantitative estimate of drug-likeness (QED) is 0.322. The summed E-state index contributed by atoms with van der Waals surface area (Å²) in [4.78, 5) is 16.5. The Morgan fingerprint density at radius 2 is 1.76 bits per heavy atom. The van der Waals surface area contributed by atoms with E-state index < -0.39 is 0 Å². The van der Waals surface area contributed by atoms with Gasteiger partial charge in [0.15, 0.2) is 0 Å². The van der Waals surface area contributed by atoms with Crippen molar-refractivity contribution in [1.82, 2.24) is 29.5 Å². The Kier molecular flexibility index (Phi) is 7.68. The number of hydrogen-bond donors (Lipinski definition) is 2. The number of likely N-dealkylation sites (tertiary alicyclic amines) is 2. The Bertz CT molecular complexity index is 1500. The number of hydrogen-bond acceptors (Lipinski definition) is 9. The largest absolute Gasteiger partial charge is 0.494 e. The van der Waals surface area contributed by atoms with Crippen LogP contribution in [0.25, 0.3) is 22.2 Å². The van der Waals surface area contributed by atoms with Crippen LogP contribution in [-0.2, 0) is 7.05 Å². The first-order chi connectivity index (χ1) is 19.9. The molecule has 216 valence electrons. The molecule has 4 aromatic rings. The number of aryl methyl sites for hydroxylation is 1. The molecular formula is C31H41N9O. The van der Waals surface area contributed by atoms with E-state index >= 15 is 0 Å². The predicted molar refractivity (Wildman–Crippen MR) is 166 cm³/mol. The third kappa shape index (κ3) is 5.67. The van der Waals surface area contributed by atoms with Gasteiger partial charge in [-0.25, -0.2) is 9.97 Å². The second kappa shape index (κ2) is 11.5. The van der Waals surface area contributed by atoms with E-state index in [1.165, 1.54) is 25.9 Å². The molecule has 0 atom stereocenters. The highest BCUT2D eigenvalue weighted by Crippen LogP contribution is 2.38. The van der Waals surface area contributed by atoms with E-state index in [1.807, 2.05) is 36.1 Å². The van der Waals surface area contributed by atoms with Crippen molar-refractivity contribution in [2.75, 3.05) is 63.3 Å². The number of ether oxygens (including phenoxy) is 1. The number of nitrogens with zero attached hydrogens (tertiary/aromatic N) is 7. The number of piperidine rings is 2. The highest BCUT2D eigenvalue weighted by Gasteiger charge is 2.29. The minimum absolute atomic E-state index is 0.449. The summed E-state index contributed by atoms with van der Waals surface area (Å²) in [5.41, 5.74) is 12.0. The molecule has 0 spiro atoms. The van der Waals surface area contributed by atoms with Crippen LogP contribution in [0.15, 0.2) is 48.9 Å². The molecule has 0 radical (unpaired) electrons. The molecule has 0 saturated carbocycles. The van der Waals surface area contributed by atoms with Crippen molar-refractivity contribution >= 4 is 33.8 Å². The van der Waals surface area contributed by atoms with Crippen LogP contribution < -0.4 is 20.7 Å². The van der Waals surface area contributed by atoms with Gasteiger partial charge in [0.2, 0.25) is 0 Å². The summed E-state index contributed by atoms with van der Waals surface area (Å²) in [5.74, 6) is 1.39. The van der Waals surface area contributed by atoms with Crippen LogP contribution in [-0.4, -0.2) is 89.0 Å². The van der Waals surface area contributed by atoms with Gasteiger partial charge in [-0.05, 0) is 64.0 Å². The zero-order chi connectivity index (χ0) is 28.5. The van der Waals surface area contributed by atoms with Gasteiger partial charge in [-0.3, -0.25) is 4.68 Å². The summed E-state index contributed by atoms with van der Waals surface area (Å²) >= 11 is 0. The van der Waals surface area contributed by atoms with E-state index in [4.69, 9.17) is 10.5 Å². The van der Waals surface area contributed by atoms with Crippen molar-refractivity contribution in [1.29, 1.82) is 0 Å². The fraction of sp³-hybridized carbons (Fsp3) is 0.452. The van der Waals surface area contributed by atoms with E-state index in [0.29, 0.717) is 17.5 Å². The summed E-state index contributed by atoms with van der Waals surface area (Å²) in [6.07, 6.45) is 8.27. The van der Waals surface area contributed by atoms with Gasteiger partial charge in [0, 0.05) is 62.4 Å². The average Bonchev–Trinajstić information content (AvgIpc) is 3.37. The normalized spacial score (nSPS) is 17.7. The van der Waals surface area contributed by atoms with Crippen molar-refractivity contribution in [2.24, 2.45) is 7.05 Å². The molecule has 2 aliphatic rings. The first-order valence-corrected chi connectivity index (χ1v) is 14.5. The molecule has 41 heavy (non-hydrogen) atoms. The summed E-state index contributed by atoms with van der Waals surface area (Å²) in [6.45, 7) is 4.70. The van der Waals surface area contributed by atoms with Crippen LogP contribution in [0.5, 0.6) is 5.75 Å². The number of nitrogens with one attached hydrogen (secondary N) is 1. The Hall–Kier alpha value is -3.89. The minimum Gasteiger partial charge on any atom is -0.494 e. The summed E-state index contributed by atoms with van der Waals surface area (Å²) < 4.78 is 7.68. The molecule has 2 saturated heterocycles. The van der Waals surface area contributed by atoms with Gasteiger partial charge in [-0.2, -0.15) is 5.10 Å². The van der Waals surface area contributed by atoms with Crippen molar-refractivity contribution in [3.05, 3.63) is 48.9 Å². The van der Waals surface area contributed by atoms with Crippen molar-refractivity contribution in [3.8, 4) is 17.0 Å². The number of fused-ring (bicyclic) bond motifs is 1. The molecule has 2 aromatic heterocycles. The molecule has 4 heterocycles. The van der Waals surface area contributed by atoms with Crippen LogP contribution in [0.1, 0.15) is 25.7 Å². The summed E-state index contributed by atoms with van der Waals surface area (Å²) in [6, 6.07) is 13.3. The monoisotopic (exact) mass is 555 g/mol. The lowest BCUT2D eigenvalue weighted by Crippen LogP contribution is -2.50. The van der Waals surface area contributed by atoms with Gasteiger partial charge in [0.1, 0.15) is 17.9 Å². The molecule has 10 nitrogen and oxygen atoms in total. The average molecular weight is 556 g/mol. The Morgan fingerprint density at radius 1 is 0.976 bits per heavy atom. The molecule has 3 N–H and O–H groups in total. The molecule has 10 heteroatoms. The lowest BCUT2D eigenvalue weighted by molar-refractivity contribution is 0.0967. The Morgan fingerprint density at radius 3 is 2.51 bits per heavy atom. The molecular weight excluding hydrogens is 514 g/mol. The van der Waals surface area contributed by atoms with E-state index in [1.54, 1.807) is 13.4 Å². The smallest absolute Gasteiger partial charge is 0.144 e. The topological polar surface area (TPSA) is 101 Å². The third-order valence-electron chi connectivity index (χ3n) is 8.95. The fourth-order valence-electron chi connectivity index (χ4n) is 6.40. The number of benzene rings is 2. The fourth-order valence-corrected chi connectivity index (χ4v) is 6.40. The van der Waals surface area contributed by atoms with Crippen molar-refractivity contribution in [2.45, 2.75) is 37.8 Å². The zero-order valence-corrected chi connectivity index (χ0v) is 24.5. The zero-order valence-electron chi connectivity index (χ0n) is 24.5. The maximum atomic E-state index is 6.65. The first-order valence-electron chi connectivity index (χ1n) is 14.5. The molecule has 0 amide bonds. The molecule has 2 aromatic carbocycles. The Balaban J connectivity index is 1.15. The number of rotatable bonds is 7. The number of methoxy groups -OCH3 is 1. The first kappa shape index (κ1) is 27.3. The summed E-state index contributed by atoms with van der Waals surface area (Å²) in [7, 11) is 8.02. The van der Waals surface area contributed by atoms with Crippen LogP contribution in [0, 0.1) is 0 Å². The number of aromatic nitrogens is 4. The highest BCUT2D eigenvalue weighted by molar-refractivity contribution is 5.84. The van der Waals surface area contributed by atoms with Gasteiger partial charge in [0.25, 0.3) is 0 Å². The highest BCUT2D eigenvalue weighted by atomic mass is 16.5. The molecule has 2 fully saturated rings.